The molecule has 0 unspecified atom stereocenters. The van der Waals surface area contributed by atoms with E-state index in [4.69, 9.17) is 34.4 Å². The first-order valence-electron chi connectivity index (χ1n) is 7.72. The maximum Gasteiger partial charge on any atom is 0.137 e. The molecule has 7 heteroatoms. The second-order valence-corrected chi connectivity index (χ2v) is 6.55. The van der Waals surface area contributed by atoms with Gasteiger partial charge in [-0.1, -0.05) is 29.3 Å². The molecule has 0 radical (unpaired) electrons. The lowest BCUT2D eigenvalue weighted by Gasteiger charge is -2.27. The van der Waals surface area contributed by atoms with Crippen LogP contribution in [-0.2, 0) is 12.1 Å². The molecule has 0 aliphatic heterocycles. The van der Waals surface area contributed by atoms with Gasteiger partial charge in [-0.3, -0.25) is 0 Å². The van der Waals surface area contributed by atoms with Gasteiger partial charge in [0.1, 0.15) is 29.8 Å². The van der Waals surface area contributed by atoms with Crippen LogP contribution in [0.1, 0.15) is 12.0 Å². The predicted molar refractivity (Wildman–Crippen MR) is 100 cm³/mol. The molecule has 0 amide bonds. The Balaban J connectivity index is 1.86. The third-order valence-electron chi connectivity index (χ3n) is 3.78. The Hall–Kier alpha value is -2.52. The second-order valence-electron chi connectivity index (χ2n) is 5.70. The minimum absolute atomic E-state index is 0.0734. The van der Waals surface area contributed by atoms with Gasteiger partial charge < -0.3 is 9.84 Å². The molecule has 0 saturated heterocycles. The van der Waals surface area contributed by atoms with E-state index < -0.39 is 5.60 Å². The number of nitrogens with zero attached hydrogens (tertiary/aromatic N) is 3. The number of hydrogen-bond acceptors (Lipinski definition) is 4. The summed E-state index contributed by atoms with van der Waals surface area (Å²) in [4.78, 5) is 3.88. The van der Waals surface area contributed by atoms with E-state index in [2.05, 4.69) is 16.0 Å². The van der Waals surface area contributed by atoms with Gasteiger partial charge in [-0.25, -0.2) is 9.67 Å². The molecule has 0 spiro atoms. The third kappa shape index (κ3) is 4.17. The van der Waals surface area contributed by atoms with Gasteiger partial charge >= 0.3 is 0 Å². The minimum atomic E-state index is -1.38. The fraction of sp³-hybridized carbons (Fsp3) is 0.158. The smallest absolute Gasteiger partial charge is 0.137 e. The van der Waals surface area contributed by atoms with Crippen LogP contribution >= 0.6 is 23.2 Å². The normalized spacial score (nSPS) is 13.0. The number of hydrogen-bond donors (Lipinski definition) is 1. The Labute approximate surface area is 161 Å². The third-order valence-corrected chi connectivity index (χ3v) is 4.34. The van der Waals surface area contributed by atoms with Gasteiger partial charge in [0.15, 0.2) is 0 Å². The van der Waals surface area contributed by atoms with Crippen molar-refractivity contribution < 1.29 is 9.84 Å². The fourth-order valence-corrected chi connectivity index (χ4v) is 3.04. The van der Waals surface area contributed by atoms with Crippen LogP contribution in [0.25, 0.3) is 0 Å². The molecule has 132 valence electrons. The highest BCUT2D eigenvalue weighted by atomic mass is 35.5. The van der Waals surface area contributed by atoms with Crippen LogP contribution in [0.4, 0.5) is 0 Å². The van der Waals surface area contributed by atoms with Crippen LogP contribution in [0.15, 0.2) is 55.1 Å². The Morgan fingerprint density at radius 1 is 1.15 bits per heavy atom. The molecular weight excluding hydrogens is 373 g/mol. The first-order chi connectivity index (χ1) is 12.5. The topological polar surface area (TPSA) is 60.2 Å². The minimum Gasteiger partial charge on any atom is -0.457 e. The van der Waals surface area contributed by atoms with Crippen molar-refractivity contribution in [2.45, 2.75) is 18.6 Å². The molecule has 5 nitrogen and oxygen atoms in total. The predicted octanol–water partition coefficient (Wildman–Crippen LogP) is 4.29. The number of aromatic nitrogens is 3. The zero-order chi connectivity index (χ0) is 18.6. The Bertz CT molecular complexity index is 921. The largest absolute Gasteiger partial charge is 0.457 e. The van der Waals surface area contributed by atoms with E-state index in [1.165, 1.54) is 17.3 Å². The van der Waals surface area contributed by atoms with Crippen LogP contribution in [-0.4, -0.2) is 19.9 Å². The van der Waals surface area contributed by atoms with E-state index in [9.17, 15) is 5.11 Å². The van der Waals surface area contributed by atoms with Gasteiger partial charge in [-0.2, -0.15) is 5.10 Å². The highest BCUT2D eigenvalue weighted by Gasteiger charge is 2.32. The van der Waals surface area contributed by atoms with E-state index in [0.717, 1.165) is 0 Å². The van der Waals surface area contributed by atoms with Gasteiger partial charge in [0.05, 0.1) is 11.6 Å². The van der Waals surface area contributed by atoms with Gasteiger partial charge in [0, 0.05) is 17.0 Å². The molecule has 1 aromatic heterocycles. The molecular formula is C19H15Cl2N3O2. The summed E-state index contributed by atoms with van der Waals surface area (Å²) in [5.74, 6) is 3.65. The molecule has 3 aromatic rings. The van der Waals surface area contributed by atoms with E-state index in [1.807, 2.05) is 0 Å². The summed E-state index contributed by atoms with van der Waals surface area (Å²) in [6, 6.07) is 12.0. The average molecular weight is 388 g/mol. The average Bonchev–Trinajstić information content (AvgIpc) is 3.10. The van der Waals surface area contributed by atoms with Crippen LogP contribution in [0, 0.1) is 12.3 Å². The summed E-state index contributed by atoms with van der Waals surface area (Å²) < 4.78 is 7.26. The number of halogens is 2. The lowest BCUT2D eigenvalue weighted by atomic mass is 9.90. The van der Waals surface area contributed by atoms with Crippen LogP contribution in [0.2, 0.25) is 10.0 Å². The summed E-state index contributed by atoms with van der Waals surface area (Å²) in [5, 5.41) is 16.1. The molecule has 3 rings (SSSR count). The van der Waals surface area contributed by atoms with Crippen LogP contribution in [0.5, 0.6) is 11.5 Å². The van der Waals surface area contributed by atoms with E-state index in [1.54, 1.807) is 42.5 Å². The van der Waals surface area contributed by atoms with E-state index >= 15 is 0 Å². The zero-order valence-corrected chi connectivity index (χ0v) is 15.2. The summed E-state index contributed by atoms with van der Waals surface area (Å²) in [6.45, 7) is 0.133. The zero-order valence-electron chi connectivity index (χ0n) is 13.6. The van der Waals surface area contributed by atoms with Crippen LogP contribution in [0.3, 0.4) is 0 Å². The quantitative estimate of drug-likeness (QED) is 0.640. The lowest BCUT2D eigenvalue weighted by molar-refractivity contribution is 0.0200. The highest BCUT2D eigenvalue weighted by molar-refractivity contribution is 6.31. The molecule has 26 heavy (non-hydrogen) atoms. The summed E-state index contributed by atoms with van der Waals surface area (Å²) >= 11 is 12.3. The SMILES string of the molecule is C#CC[C@](O)(Cn1cncn1)c1ccc(Oc2ccc(Cl)cc2)cc1Cl. The summed E-state index contributed by atoms with van der Waals surface area (Å²) in [7, 11) is 0. The molecule has 1 atom stereocenters. The summed E-state index contributed by atoms with van der Waals surface area (Å²) in [5.41, 5.74) is -0.880. The molecule has 1 heterocycles. The molecule has 2 aromatic carbocycles. The Morgan fingerprint density at radius 3 is 2.50 bits per heavy atom. The standard InChI is InChI=1S/C19H15Cl2N3O2/c1-2-9-19(25,11-24-13-22-12-23-24)17-8-7-16(10-18(17)21)26-15-5-3-14(20)4-6-15/h1,3-8,10,12-13,25H,9,11H2/t19-/m0/s1. The number of aliphatic hydroxyl groups is 1. The molecule has 0 fully saturated rings. The van der Waals surface area contributed by atoms with E-state index in [0.29, 0.717) is 27.1 Å². The lowest BCUT2D eigenvalue weighted by Crippen LogP contribution is -2.31. The van der Waals surface area contributed by atoms with Crippen molar-refractivity contribution in [3.63, 3.8) is 0 Å². The van der Waals surface area contributed by atoms with Crippen molar-refractivity contribution >= 4 is 23.2 Å². The van der Waals surface area contributed by atoms with Gasteiger partial charge in [-0.05, 0) is 36.4 Å². The molecule has 0 aliphatic carbocycles. The second kappa shape index (κ2) is 7.79. The van der Waals surface area contributed by atoms with Crippen molar-refractivity contribution in [3.8, 4) is 23.8 Å². The van der Waals surface area contributed by atoms with Crippen molar-refractivity contribution in [1.29, 1.82) is 0 Å². The molecule has 0 aliphatic rings. The number of ether oxygens (including phenoxy) is 1. The first-order valence-corrected chi connectivity index (χ1v) is 8.47. The van der Waals surface area contributed by atoms with Crippen molar-refractivity contribution in [2.24, 2.45) is 0 Å². The number of terminal acetylenes is 1. The van der Waals surface area contributed by atoms with Gasteiger partial charge in [0.25, 0.3) is 0 Å². The monoisotopic (exact) mass is 387 g/mol. The Morgan fingerprint density at radius 2 is 1.88 bits per heavy atom. The van der Waals surface area contributed by atoms with Crippen molar-refractivity contribution in [1.82, 2.24) is 14.8 Å². The highest BCUT2D eigenvalue weighted by Crippen LogP contribution is 2.35. The van der Waals surface area contributed by atoms with Gasteiger partial charge in [-0.15, -0.1) is 12.3 Å². The summed E-state index contributed by atoms with van der Waals surface area (Å²) in [6.07, 6.45) is 8.41. The molecule has 1 N–H and O–H groups in total. The maximum atomic E-state index is 11.1. The number of benzene rings is 2. The number of rotatable bonds is 6. The van der Waals surface area contributed by atoms with E-state index in [-0.39, 0.29) is 13.0 Å². The molecule has 0 bridgehead atoms. The molecule has 0 saturated carbocycles. The maximum absolute atomic E-state index is 11.1. The van der Waals surface area contributed by atoms with Crippen LogP contribution < -0.4 is 4.74 Å². The fourth-order valence-electron chi connectivity index (χ4n) is 2.56. The first kappa shape index (κ1) is 18.3. The van der Waals surface area contributed by atoms with Crippen molar-refractivity contribution in [2.75, 3.05) is 0 Å². The van der Waals surface area contributed by atoms with Crippen molar-refractivity contribution in [3.05, 3.63) is 70.7 Å². The Kier molecular flexibility index (Phi) is 5.48. The van der Waals surface area contributed by atoms with Gasteiger partial charge in [0.2, 0.25) is 0 Å².